The third kappa shape index (κ3) is 3.14. The minimum atomic E-state index is 0. The Hall–Kier alpha value is -1.22. The van der Waals surface area contributed by atoms with Crippen molar-refractivity contribution in [2.75, 3.05) is 12.8 Å². The van der Waals surface area contributed by atoms with Gasteiger partial charge in [0.1, 0.15) is 0 Å². The predicted octanol–water partition coefficient (Wildman–Crippen LogP) is 2.48. The quantitative estimate of drug-likeness (QED) is 0.810. The molecule has 0 radical (unpaired) electrons. The van der Waals surface area contributed by atoms with Gasteiger partial charge in [0.25, 0.3) is 5.91 Å². The lowest BCUT2D eigenvalue weighted by Gasteiger charge is -2.22. The van der Waals surface area contributed by atoms with Crippen LogP contribution in [0.25, 0.3) is 0 Å². The van der Waals surface area contributed by atoms with E-state index in [1.54, 1.807) is 18.0 Å². The number of halogens is 1. The Morgan fingerprint density at radius 3 is 2.44 bits per heavy atom. The van der Waals surface area contributed by atoms with Gasteiger partial charge in [-0.3, -0.25) is 4.79 Å². The van der Waals surface area contributed by atoms with Crippen molar-refractivity contribution in [2.45, 2.75) is 26.8 Å². The number of carbonyl (C=O) groups is 1. The first kappa shape index (κ1) is 14.8. The molecule has 0 aliphatic heterocycles. The maximum absolute atomic E-state index is 12.0. The van der Waals surface area contributed by atoms with E-state index in [4.69, 9.17) is 5.73 Å². The number of benzene rings is 1. The molecule has 3 nitrogen and oxygen atoms in total. The summed E-state index contributed by atoms with van der Waals surface area (Å²) in [6.45, 7) is 5.89. The summed E-state index contributed by atoms with van der Waals surface area (Å²) >= 11 is 0. The summed E-state index contributed by atoms with van der Waals surface area (Å²) in [4.78, 5) is 13.7. The Balaban J connectivity index is 0.00000225. The highest BCUT2D eigenvalue weighted by molar-refractivity contribution is 5.96. The van der Waals surface area contributed by atoms with E-state index in [0.717, 1.165) is 5.56 Å². The van der Waals surface area contributed by atoms with E-state index in [1.807, 2.05) is 32.9 Å². The summed E-state index contributed by atoms with van der Waals surface area (Å²) in [5.41, 5.74) is 7.94. The van der Waals surface area contributed by atoms with E-state index in [0.29, 0.717) is 11.3 Å². The predicted molar refractivity (Wildman–Crippen MR) is 70.1 cm³/mol. The van der Waals surface area contributed by atoms with Crippen LogP contribution in [0.15, 0.2) is 18.2 Å². The minimum absolute atomic E-state index is 0. The lowest BCUT2D eigenvalue weighted by molar-refractivity contribution is 0.0754. The summed E-state index contributed by atoms with van der Waals surface area (Å²) in [6, 6.07) is 5.60. The zero-order valence-electron chi connectivity index (χ0n) is 10.2. The molecule has 4 heteroatoms. The van der Waals surface area contributed by atoms with Crippen molar-refractivity contribution >= 4 is 24.0 Å². The fourth-order valence-corrected chi connectivity index (χ4v) is 1.29. The standard InChI is InChI=1S/C12H18N2O.ClH/c1-8(2)14(4)12(15)11-7-10(13)6-5-9(11)3;/h5-8H,13H2,1-4H3;1H. The number of hydrogen-bond donors (Lipinski definition) is 1. The van der Waals surface area contributed by atoms with Crippen LogP contribution >= 0.6 is 12.4 Å². The molecule has 0 aliphatic carbocycles. The molecule has 0 spiro atoms. The summed E-state index contributed by atoms with van der Waals surface area (Å²) in [5.74, 6) is 0.0230. The van der Waals surface area contributed by atoms with E-state index >= 15 is 0 Å². The highest BCUT2D eigenvalue weighted by Crippen LogP contribution is 2.15. The number of nitrogens with two attached hydrogens (primary N) is 1. The number of aryl methyl sites for hydroxylation is 1. The molecule has 16 heavy (non-hydrogen) atoms. The van der Waals surface area contributed by atoms with Gasteiger partial charge < -0.3 is 10.6 Å². The molecule has 0 bridgehead atoms. The van der Waals surface area contributed by atoms with Crippen LogP contribution in [-0.2, 0) is 0 Å². The maximum atomic E-state index is 12.0. The largest absolute Gasteiger partial charge is 0.399 e. The number of hydrogen-bond acceptors (Lipinski definition) is 2. The first-order chi connectivity index (χ1) is 6.93. The molecule has 1 aromatic carbocycles. The summed E-state index contributed by atoms with van der Waals surface area (Å²) in [6.07, 6.45) is 0. The topological polar surface area (TPSA) is 46.3 Å². The van der Waals surface area contributed by atoms with Crippen LogP contribution in [0.3, 0.4) is 0 Å². The monoisotopic (exact) mass is 242 g/mol. The molecule has 0 aromatic heterocycles. The lowest BCUT2D eigenvalue weighted by atomic mass is 10.1. The molecule has 1 rings (SSSR count). The van der Waals surface area contributed by atoms with E-state index < -0.39 is 0 Å². The molecule has 0 heterocycles. The van der Waals surface area contributed by atoms with Crippen molar-refractivity contribution in [1.82, 2.24) is 4.90 Å². The van der Waals surface area contributed by atoms with Gasteiger partial charge in [0, 0.05) is 24.3 Å². The molecule has 0 fully saturated rings. The first-order valence-electron chi connectivity index (χ1n) is 5.06. The van der Waals surface area contributed by atoms with Crippen molar-refractivity contribution in [3.63, 3.8) is 0 Å². The molecule has 2 N–H and O–H groups in total. The van der Waals surface area contributed by atoms with Crippen LogP contribution in [0.2, 0.25) is 0 Å². The number of anilines is 1. The molecular formula is C12H19ClN2O. The Kier molecular flexibility index (Phi) is 5.31. The van der Waals surface area contributed by atoms with Gasteiger partial charge in [-0.2, -0.15) is 0 Å². The van der Waals surface area contributed by atoms with Gasteiger partial charge >= 0.3 is 0 Å². The van der Waals surface area contributed by atoms with Crippen molar-refractivity contribution in [2.24, 2.45) is 0 Å². The molecule has 0 aliphatic rings. The smallest absolute Gasteiger partial charge is 0.254 e. The minimum Gasteiger partial charge on any atom is -0.399 e. The number of amides is 1. The van der Waals surface area contributed by atoms with Crippen molar-refractivity contribution < 1.29 is 4.79 Å². The highest BCUT2D eigenvalue weighted by atomic mass is 35.5. The highest BCUT2D eigenvalue weighted by Gasteiger charge is 2.16. The van der Waals surface area contributed by atoms with Crippen LogP contribution < -0.4 is 5.73 Å². The van der Waals surface area contributed by atoms with E-state index in [9.17, 15) is 4.79 Å². The molecule has 0 atom stereocenters. The van der Waals surface area contributed by atoms with Crippen molar-refractivity contribution in [3.05, 3.63) is 29.3 Å². The molecule has 0 saturated carbocycles. The van der Waals surface area contributed by atoms with Gasteiger partial charge in [0.15, 0.2) is 0 Å². The van der Waals surface area contributed by atoms with Gasteiger partial charge in [-0.15, -0.1) is 12.4 Å². The lowest BCUT2D eigenvalue weighted by Crippen LogP contribution is -2.33. The summed E-state index contributed by atoms with van der Waals surface area (Å²) in [5, 5.41) is 0. The van der Waals surface area contributed by atoms with Gasteiger partial charge in [-0.1, -0.05) is 6.07 Å². The second-order valence-corrected chi connectivity index (χ2v) is 4.08. The summed E-state index contributed by atoms with van der Waals surface area (Å²) < 4.78 is 0. The summed E-state index contributed by atoms with van der Waals surface area (Å²) in [7, 11) is 1.80. The van der Waals surface area contributed by atoms with Crippen molar-refractivity contribution in [3.8, 4) is 0 Å². The van der Waals surface area contributed by atoms with Gasteiger partial charge in [-0.25, -0.2) is 0 Å². The van der Waals surface area contributed by atoms with Gasteiger partial charge in [-0.05, 0) is 38.5 Å². The van der Waals surface area contributed by atoms with E-state index in [2.05, 4.69) is 0 Å². The Morgan fingerprint density at radius 2 is 1.94 bits per heavy atom. The van der Waals surface area contributed by atoms with E-state index in [-0.39, 0.29) is 24.4 Å². The van der Waals surface area contributed by atoms with Crippen LogP contribution in [0.4, 0.5) is 5.69 Å². The Labute approximate surface area is 103 Å². The average Bonchev–Trinajstić information content (AvgIpc) is 2.19. The van der Waals surface area contributed by atoms with Gasteiger partial charge in [0.05, 0.1) is 0 Å². The number of nitrogen functional groups attached to an aromatic ring is 1. The molecule has 0 saturated heterocycles. The second-order valence-electron chi connectivity index (χ2n) is 4.08. The van der Waals surface area contributed by atoms with Gasteiger partial charge in [0.2, 0.25) is 0 Å². The third-order valence-corrected chi connectivity index (χ3v) is 2.59. The maximum Gasteiger partial charge on any atom is 0.254 e. The third-order valence-electron chi connectivity index (χ3n) is 2.59. The molecular weight excluding hydrogens is 224 g/mol. The molecule has 1 amide bonds. The zero-order valence-corrected chi connectivity index (χ0v) is 11.0. The number of rotatable bonds is 2. The van der Waals surface area contributed by atoms with Crippen LogP contribution in [0.1, 0.15) is 29.8 Å². The van der Waals surface area contributed by atoms with Crippen LogP contribution in [0, 0.1) is 6.92 Å². The zero-order chi connectivity index (χ0) is 11.6. The fraction of sp³-hybridized carbons (Fsp3) is 0.417. The van der Waals surface area contributed by atoms with Crippen molar-refractivity contribution in [1.29, 1.82) is 0 Å². The average molecular weight is 243 g/mol. The Bertz CT molecular complexity index is 377. The molecule has 1 aromatic rings. The number of carbonyl (C=O) groups excluding carboxylic acids is 1. The number of nitrogens with zero attached hydrogens (tertiary/aromatic N) is 1. The fourth-order valence-electron chi connectivity index (χ4n) is 1.29. The Morgan fingerprint density at radius 1 is 1.38 bits per heavy atom. The second kappa shape index (κ2) is 5.75. The van der Waals surface area contributed by atoms with Crippen LogP contribution in [0.5, 0.6) is 0 Å². The molecule has 90 valence electrons. The SMILES string of the molecule is Cc1ccc(N)cc1C(=O)N(C)C(C)C.Cl. The molecule has 0 unspecified atom stereocenters. The van der Waals surface area contributed by atoms with E-state index in [1.165, 1.54) is 0 Å². The van der Waals surface area contributed by atoms with Crippen LogP contribution in [-0.4, -0.2) is 23.9 Å². The normalized spacial score (nSPS) is 9.81. The first-order valence-corrected chi connectivity index (χ1v) is 5.06.